The lowest BCUT2D eigenvalue weighted by Crippen LogP contribution is -2.49. The topological polar surface area (TPSA) is 58.6 Å². The second kappa shape index (κ2) is 9.42. The number of hydrogen-bond acceptors (Lipinski definition) is 3. The van der Waals surface area contributed by atoms with E-state index in [1.165, 1.54) is 44.1 Å². The average Bonchev–Trinajstić information content (AvgIpc) is 3.16. The van der Waals surface area contributed by atoms with E-state index in [-0.39, 0.29) is 11.8 Å². The van der Waals surface area contributed by atoms with Crippen LogP contribution in [0, 0.1) is 5.92 Å². The van der Waals surface area contributed by atoms with Gasteiger partial charge in [-0.25, -0.2) is 0 Å². The molecule has 0 aromatic heterocycles. The molecule has 0 radical (unpaired) electrons. The van der Waals surface area contributed by atoms with Crippen molar-refractivity contribution in [3.8, 4) is 5.75 Å². The first kappa shape index (κ1) is 21.7. The Morgan fingerprint density at radius 3 is 2.48 bits per heavy atom. The van der Waals surface area contributed by atoms with Crippen LogP contribution >= 0.6 is 0 Å². The standard InChI is InChI=1S/C28H32N2O3/c1-19-10-15-25(27(31)29-19)30-17-24-23(28(30)32)8-5-9-26(24)33-18-22-13-11-21(12-14-22)16-20-6-3-2-4-7-20/h5,8-9,11-14,20,25H,1-4,6-7,10,15-18H2,(H,29,31). The fourth-order valence-electron chi connectivity index (χ4n) is 5.43. The van der Waals surface area contributed by atoms with E-state index in [1.54, 1.807) is 4.90 Å². The van der Waals surface area contributed by atoms with Crippen molar-refractivity contribution in [3.63, 3.8) is 0 Å². The number of nitrogens with zero attached hydrogens (tertiary/aromatic N) is 1. The average molecular weight is 445 g/mol. The molecule has 2 aromatic carbocycles. The van der Waals surface area contributed by atoms with Gasteiger partial charge >= 0.3 is 0 Å². The van der Waals surface area contributed by atoms with E-state index in [2.05, 4.69) is 36.2 Å². The molecule has 1 aliphatic carbocycles. The Bertz CT molecular complexity index is 1050. The zero-order chi connectivity index (χ0) is 22.8. The van der Waals surface area contributed by atoms with Crippen molar-refractivity contribution < 1.29 is 14.3 Å². The summed E-state index contributed by atoms with van der Waals surface area (Å²) in [5.74, 6) is 1.30. The van der Waals surface area contributed by atoms with Crippen LogP contribution in [-0.4, -0.2) is 22.8 Å². The zero-order valence-corrected chi connectivity index (χ0v) is 19.1. The van der Waals surface area contributed by atoms with Crippen molar-refractivity contribution in [2.24, 2.45) is 5.92 Å². The first-order chi connectivity index (χ1) is 16.1. The second-order valence-corrected chi connectivity index (χ2v) is 9.68. The van der Waals surface area contributed by atoms with Gasteiger partial charge in [0.1, 0.15) is 18.4 Å². The summed E-state index contributed by atoms with van der Waals surface area (Å²) in [5.41, 5.74) is 4.74. The smallest absolute Gasteiger partial charge is 0.255 e. The van der Waals surface area contributed by atoms with Crippen LogP contribution < -0.4 is 10.1 Å². The van der Waals surface area contributed by atoms with Crippen molar-refractivity contribution >= 4 is 11.8 Å². The van der Waals surface area contributed by atoms with E-state index in [0.717, 1.165) is 22.8 Å². The van der Waals surface area contributed by atoms with Crippen LogP contribution in [0.2, 0.25) is 0 Å². The van der Waals surface area contributed by atoms with E-state index in [0.29, 0.717) is 37.3 Å². The first-order valence-corrected chi connectivity index (χ1v) is 12.2. The minimum atomic E-state index is -0.458. The third kappa shape index (κ3) is 4.68. The molecule has 1 saturated heterocycles. The normalized spacial score (nSPS) is 21.2. The van der Waals surface area contributed by atoms with Crippen LogP contribution in [0.4, 0.5) is 0 Å². The van der Waals surface area contributed by atoms with Gasteiger partial charge in [0.05, 0.1) is 6.54 Å². The van der Waals surface area contributed by atoms with Crippen LogP contribution in [0.5, 0.6) is 5.75 Å². The Hall–Kier alpha value is -3.08. The largest absolute Gasteiger partial charge is 0.489 e. The van der Waals surface area contributed by atoms with Gasteiger partial charge in [0, 0.05) is 16.8 Å². The Morgan fingerprint density at radius 1 is 0.970 bits per heavy atom. The number of benzene rings is 2. The molecule has 2 amide bonds. The maximum absolute atomic E-state index is 13.0. The van der Waals surface area contributed by atoms with Gasteiger partial charge in [-0.15, -0.1) is 0 Å². The SMILES string of the molecule is C=C1CCC(N2Cc3c(OCc4ccc(CC5CCCCC5)cc4)cccc3C2=O)C(=O)N1. The second-order valence-electron chi connectivity index (χ2n) is 9.68. The number of nitrogens with one attached hydrogen (secondary N) is 1. The molecule has 2 fully saturated rings. The summed E-state index contributed by atoms with van der Waals surface area (Å²) >= 11 is 0. The molecular formula is C28H32N2O3. The third-order valence-corrected chi connectivity index (χ3v) is 7.32. The van der Waals surface area contributed by atoms with Crippen LogP contribution in [0.15, 0.2) is 54.7 Å². The van der Waals surface area contributed by atoms with E-state index >= 15 is 0 Å². The predicted octanol–water partition coefficient (Wildman–Crippen LogP) is 5.14. The molecule has 33 heavy (non-hydrogen) atoms. The number of fused-ring (bicyclic) bond motifs is 1. The molecule has 172 valence electrons. The van der Waals surface area contributed by atoms with Crippen LogP contribution in [-0.2, 0) is 24.4 Å². The van der Waals surface area contributed by atoms with E-state index in [1.807, 2.05) is 18.2 Å². The minimum absolute atomic E-state index is 0.102. The quantitative estimate of drug-likeness (QED) is 0.671. The molecule has 2 heterocycles. The minimum Gasteiger partial charge on any atom is -0.489 e. The summed E-state index contributed by atoms with van der Waals surface area (Å²) < 4.78 is 6.16. The molecule has 1 unspecified atom stereocenters. The van der Waals surface area contributed by atoms with Crippen LogP contribution in [0.1, 0.15) is 72.0 Å². The summed E-state index contributed by atoms with van der Waals surface area (Å²) in [5, 5.41) is 2.79. The first-order valence-electron chi connectivity index (χ1n) is 12.2. The summed E-state index contributed by atoms with van der Waals surface area (Å²) in [4.78, 5) is 27.1. The summed E-state index contributed by atoms with van der Waals surface area (Å²) in [7, 11) is 0. The highest BCUT2D eigenvalue weighted by Gasteiger charge is 2.39. The highest BCUT2D eigenvalue weighted by molar-refractivity contribution is 6.02. The van der Waals surface area contributed by atoms with Gasteiger partial charge in [0.2, 0.25) is 5.91 Å². The van der Waals surface area contributed by atoms with Gasteiger partial charge in [0.25, 0.3) is 5.91 Å². The summed E-state index contributed by atoms with van der Waals surface area (Å²) in [6, 6.07) is 13.9. The lowest BCUT2D eigenvalue weighted by atomic mass is 9.85. The zero-order valence-electron chi connectivity index (χ0n) is 19.1. The van der Waals surface area contributed by atoms with E-state index in [4.69, 9.17) is 4.74 Å². The summed E-state index contributed by atoms with van der Waals surface area (Å²) in [6.45, 7) is 4.68. The molecule has 5 nitrogen and oxygen atoms in total. The van der Waals surface area contributed by atoms with Gasteiger partial charge in [-0.1, -0.05) is 69.0 Å². The number of allylic oxidation sites excluding steroid dienone is 1. The number of piperidine rings is 1. The molecular weight excluding hydrogens is 412 g/mol. The van der Waals surface area contributed by atoms with Gasteiger partial charge in [-0.3, -0.25) is 9.59 Å². The number of carbonyl (C=O) groups excluding carboxylic acids is 2. The van der Waals surface area contributed by atoms with Crippen molar-refractivity contribution in [1.29, 1.82) is 0 Å². The predicted molar refractivity (Wildman–Crippen MR) is 128 cm³/mol. The van der Waals surface area contributed by atoms with E-state index < -0.39 is 6.04 Å². The lowest BCUT2D eigenvalue weighted by Gasteiger charge is -2.31. The number of ether oxygens (including phenoxy) is 1. The molecule has 3 aliphatic rings. The van der Waals surface area contributed by atoms with Crippen molar-refractivity contribution in [2.45, 2.75) is 70.6 Å². The fraction of sp³-hybridized carbons (Fsp3) is 0.429. The molecule has 5 rings (SSSR count). The van der Waals surface area contributed by atoms with Crippen LogP contribution in [0.3, 0.4) is 0 Å². The van der Waals surface area contributed by atoms with Crippen molar-refractivity contribution in [1.82, 2.24) is 10.2 Å². The molecule has 2 aromatic rings. The molecule has 1 N–H and O–H groups in total. The molecule has 5 heteroatoms. The molecule has 2 aliphatic heterocycles. The lowest BCUT2D eigenvalue weighted by molar-refractivity contribution is -0.126. The van der Waals surface area contributed by atoms with Gasteiger partial charge in [0.15, 0.2) is 0 Å². The van der Waals surface area contributed by atoms with Crippen molar-refractivity contribution in [3.05, 3.63) is 77.0 Å². The fourth-order valence-corrected chi connectivity index (χ4v) is 5.43. The van der Waals surface area contributed by atoms with E-state index in [9.17, 15) is 9.59 Å². The highest BCUT2D eigenvalue weighted by Crippen LogP contribution is 2.34. The Balaban J connectivity index is 1.23. The number of hydrogen-bond donors (Lipinski definition) is 1. The number of rotatable bonds is 6. The molecule has 1 saturated carbocycles. The van der Waals surface area contributed by atoms with Crippen LogP contribution in [0.25, 0.3) is 0 Å². The van der Waals surface area contributed by atoms with Gasteiger partial charge in [-0.05, 0) is 48.4 Å². The molecule has 0 spiro atoms. The van der Waals surface area contributed by atoms with Gasteiger partial charge in [-0.2, -0.15) is 0 Å². The maximum atomic E-state index is 13.0. The Kier molecular flexibility index (Phi) is 6.21. The Morgan fingerprint density at radius 2 is 1.73 bits per heavy atom. The molecule has 1 atom stereocenters. The maximum Gasteiger partial charge on any atom is 0.255 e. The van der Waals surface area contributed by atoms with Gasteiger partial charge < -0.3 is 15.0 Å². The third-order valence-electron chi connectivity index (χ3n) is 7.32. The molecule has 0 bridgehead atoms. The Labute approximate surface area is 195 Å². The summed E-state index contributed by atoms with van der Waals surface area (Å²) in [6.07, 6.45) is 9.33. The number of amides is 2. The number of carbonyl (C=O) groups is 2. The highest BCUT2D eigenvalue weighted by atomic mass is 16.5. The van der Waals surface area contributed by atoms with Crippen molar-refractivity contribution in [2.75, 3.05) is 0 Å². The monoisotopic (exact) mass is 444 g/mol.